The number of piperazine rings is 1. The molecule has 0 aromatic heterocycles. The third-order valence-corrected chi connectivity index (χ3v) is 7.64. The van der Waals surface area contributed by atoms with Crippen molar-refractivity contribution >= 4 is 21.4 Å². The number of anilines is 1. The van der Waals surface area contributed by atoms with Gasteiger partial charge < -0.3 is 14.9 Å². The van der Waals surface area contributed by atoms with E-state index in [0.29, 0.717) is 16.8 Å². The van der Waals surface area contributed by atoms with E-state index in [2.05, 4.69) is 0 Å². The Bertz CT molecular complexity index is 1450. The molecule has 1 unspecified atom stereocenters. The van der Waals surface area contributed by atoms with Crippen LogP contribution in [0.2, 0.25) is 0 Å². The summed E-state index contributed by atoms with van der Waals surface area (Å²) >= 11 is 0. The summed E-state index contributed by atoms with van der Waals surface area (Å²) in [7, 11) is -3.61. The standard InChI is InChI=1S/C27H26F4N2O4S/c1-17(34)22-9-7-20(15-25(22)27(29,30)31)32-11-13-33(14-12-32)26(35)24-16-21(38(2,36)37)8-10-23(24)18-3-5-19(28)6-4-18/h3-10,15-17,34H,11-14H2,1-2H3. The number of rotatable bonds is 5. The maximum Gasteiger partial charge on any atom is 0.416 e. The van der Waals surface area contributed by atoms with Crippen LogP contribution in [-0.2, 0) is 16.0 Å². The number of alkyl halides is 3. The second kappa shape index (κ2) is 10.4. The number of aliphatic hydroxyl groups is 1. The second-order valence-electron chi connectivity index (χ2n) is 9.21. The van der Waals surface area contributed by atoms with Gasteiger partial charge in [-0.15, -0.1) is 0 Å². The van der Waals surface area contributed by atoms with Gasteiger partial charge in [0, 0.05) is 43.7 Å². The molecule has 1 aliphatic rings. The Morgan fingerprint density at radius 1 is 0.947 bits per heavy atom. The molecule has 1 N–H and O–H groups in total. The zero-order valence-electron chi connectivity index (χ0n) is 20.7. The Labute approximate surface area is 218 Å². The average Bonchev–Trinajstić information content (AvgIpc) is 2.87. The smallest absolute Gasteiger partial charge is 0.389 e. The highest BCUT2D eigenvalue weighted by Crippen LogP contribution is 2.37. The average molecular weight is 551 g/mol. The van der Waals surface area contributed by atoms with Crippen molar-refractivity contribution in [3.63, 3.8) is 0 Å². The number of hydrogen-bond acceptors (Lipinski definition) is 5. The number of halogens is 4. The monoisotopic (exact) mass is 550 g/mol. The molecule has 1 aliphatic heterocycles. The molecular weight excluding hydrogens is 524 g/mol. The van der Waals surface area contributed by atoms with Crippen molar-refractivity contribution in [1.82, 2.24) is 4.90 Å². The lowest BCUT2D eigenvalue weighted by molar-refractivity contribution is -0.139. The van der Waals surface area contributed by atoms with E-state index in [4.69, 9.17) is 0 Å². The van der Waals surface area contributed by atoms with Gasteiger partial charge in [-0.3, -0.25) is 4.79 Å². The first kappa shape index (κ1) is 27.6. The summed E-state index contributed by atoms with van der Waals surface area (Å²) < 4.78 is 78.5. The molecule has 1 atom stereocenters. The molecule has 0 aliphatic carbocycles. The topological polar surface area (TPSA) is 77.9 Å². The Hall–Kier alpha value is -3.44. The zero-order valence-corrected chi connectivity index (χ0v) is 21.5. The number of amides is 1. The highest BCUT2D eigenvalue weighted by atomic mass is 32.2. The van der Waals surface area contributed by atoms with Crippen LogP contribution in [0.3, 0.4) is 0 Å². The van der Waals surface area contributed by atoms with Gasteiger partial charge in [-0.2, -0.15) is 13.2 Å². The first-order valence-electron chi connectivity index (χ1n) is 11.8. The molecule has 4 rings (SSSR count). The van der Waals surface area contributed by atoms with Crippen LogP contribution in [0.1, 0.15) is 34.5 Å². The van der Waals surface area contributed by atoms with Gasteiger partial charge in [0.25, 0.3) is 5.91 Å². The van der Waals surface area contributed by atoms with Crippen molar-refractivity contribution in [3.8, 4) is 11.1 Å². The number of benzene rings is 3. The minimum Gasteiger partial charge on any atom is -0.389 e. The first-order valence-corrected chi connectivity index (χ1v) is 13.7. The molecule has 0 bridgehead atoms. The lowest BCUT2D eigenvalue weighted by Gasteiger charge is -2.37. The lowest BCUT2D eigenvalue weighted by atomic mass is 9.98. The second-order valence-corrected chi connectivity index (χ2v) is 11.2. The van der Waals surface area contributed by atoms with E-state index in [-0.39, 0.29) is 42.2 Å². The summed E-state index contributed by atoms with van der Waals surface area (Å²) in [6.07, 6.45) is -4.89. The van der Waals surface area contributed by atoms with E-state index in [1.807, 2.05) is 0 Å². The summed E-state index contributed by atoms with van der Waals surface area (Å²) in [6, 6.07) is 13.4. The number of hydrogen-bond donors (Lipinski definition) is 1. The lowest BCUT2D eigenvalue weighted by Crippen LogP contribution is -2.49. The minimum absolute atomic E-state index is 0.0387. The molecular formula is C27H26F4N2O4S. The number of carbonyl (C=O) groups excluding carboxylic acids is 1. The van der Waals surface area contributed by atoms with E-state index in [1.54, 1.807) is 4.90 Å². The van der Waals surface area contributed by atoms with Crippen LogP contribution in [0, 0.1) is 5.82 Å². The summed E-state index contributed by atoms with van der Waals surface area (Å²) in [6.45, 7) is 2.13. The SMILES string of the molecule is CC(O)c1ccc(N2CCN(C(=O)c3cc(S(C)(=O)=O)ccc3-c3ccc(F)cc3)CC2)cc1C(F)(F)F. The van der Waals surface area contributed by atoms with Crippen molar-refractivity contribution in [1.29, 1.82) is 0 Å². The summed E-state index contributed by atoms with van der Waals surface area (Å²) in [5.41, 5.74) is 0.299. The van der Waals surface area contributed by atoms with Gasteiger partial charge >= 0.3 is 6.18 Å². The van der Waals surface area contributed by atoms with E-state index in [9.17, 15) is 35.9 Å². The molecule has 202 valence electrons. The normalized spacial score (nSPS) is 15.4. The van der Waals surface area contributed by atoms with Crippen molar-refractivity contribution in [2.75, 3.05) is 37.3 Å². The van der Waals surface area contributed by atoms with E-state index in [1.165, 1.54) is 66.4 Å². The Morgan fingerprint density at radius 3 is 2.13 bits per heavy atom. The third kappa shape index (κ3) is 5.83. The fourth-order valence-corrected chi connectivity index (χ4v) is 5.15. The van der Waals surface area contributed by atoms with Gasteiger partial charge in [-0.1, -0.05) is 24.3 Å². The maximum atomic E-state index is 13.6. The van der Waals surface area contributed by atoms with Gasteiger partial charge in [0.15, 0.2) is 9.84 Å². The summed E-state index contributed by atoms with van der Waals surface area (Å²) in [4.78, 5) is 16.7. The predicted molar refractivity (Wildman–Crippen MR) is 135 cm³/mol. The summed E-state index contributed by atoms with van der Waals surface area (Å²) in [5.74, 6) is -0.893. The molecule has 1 amide bonds. The van der Waals surface area contributed by atoms with E-state index >= 15 is 0 Å². The molecule has 38 heavy (non-hydrogen) atoms. The number of carbonyl (C=O) groups is 1. The minimum atomic E-state index is -4.64. The highest BCUT2D eigenvalue weighted by molar-refractivity contribution is 7.90. The number of nitrogens with zero attached hydrogens (tertiary/aromatic N) is 2. The zero-order chi connectivity index (χ0) is 27.8. The first-order chi connectivity index (χ1) is 17.8. The fraction of sp³-hybridized carbons (Fsp3) is 0.296. The Balaban J connectivity index is 1.60. The van der Waals surface area contributed by atoms with Crippen LogP contribution in [0.15, 0.2) is 65.6 Å². The molecule has 1 saturated heterocycles. The van der Waals surface area contributed by atoms with Crippen molar-refractivity contribution in [3.05, 3.63) is 83.2 Å². The van der Waals surface area contributed by atoms with Crippen LogP contribution < -0.4 is 4.90 Å². The van der Waals surface area contributed by atoms with Crippen molar-refractivity contribution < 1.29 is 35.9 Å². The number of aliphatic hydroxyl groups excluding tert-OH is 1. The largest absolute Gasteiger partial charge is 0.416 e. The molecule has 11 heteroatoms. The molecule has 3 aromatic carbocycles. The molecule has 0 spiro atoms. The molecule has 0 radical (unpaired) electrons. The van der Waals surface area contributed by atoms with Crippen LogP contribution >= 0.6 is 0 Å². The van der Waals surface area contributed by atoms with Gasteiger partial charge in [-0.05, 0) is 60.0 Å². The van der Waals surface area contributed by atoms with Gasteiger partial charge in [0.05, 0.1) is 16.6 Å². The van der Waals surface area contributed by atoms with E-state index < -0.39 is 39.4 Å². The summed E-state index contributed by atoms with van der Waals surface area (Å²) in [5, 5.41) is 9.75. The van der Waals surface area contributed by atoms with Crippen LogP contribution in [-0.4, -0.2) is 56.8 Å². The molecule has 3 aromatic rings. The quantitative estimate of drug-likeness (QED) is 0.456. The molecule has 0 saturated carbocycles. The predicted octanol–water partition coefficient (Wildman–Crippen LogP) is 4.93. The Morgan fingerprint density at radius 2 is 1.58 bits per heavy atom. The van der Waals surface area contributed by atoms with Gasteiger partial charge in [-0.25, -0.2) is 12.8 Å². The van der Waals surface area contributed by atoms with Crippen LogP contribution in [0.5, 0.6) is 0 Å². The molecule has 1 fully saturated rings. The van der Waals surface area contributed by atoms with Crippen molar-refractivity contribution in [2.45, 2.75) is 24.1 Å². The van der Waals surface area contributed by atoms with Crippen LogP contribution in [0.4, 0.5) is 23.2 Å². The maximum absolute atomic E-state index is 13.6. The van der Waals surface area contributed by atoms with Crippen molar-refractivity contribution in [2.24, 2.45) is 0 Å². The third-order valence-electron chi connectivity index (χ3n) is 6.53. The van der Waals surface area contributed by atoms with Gasteiger partial charge in [0.2, 0.25) is 0 Å². The van der Waals surface area contributed by atoms with E-state index in [0.717, 1.165) is 12.3 Å². The molecule has 1 heterocycles. The number of sulfone groups is 1. The fourth-order valence-electron chi connectivity index (χ4n) is 4.50. The molecule has 6 nitrogen and oxygen atoms in total. The highest BCUT2D eigenvalue weighted by Gasteiger charge is 2.35. The van der Waals surface area contributed by atoms with Crippen LogP contribution in [0.25, 0.3) is 11.1 Å². The van der Waals surface area contributed by atoms with Gasteiger partial charge in [0.1, 0.15) is 5.82 Å². The Kier molecular flexibility index (Phi) is 7.53.